The van der Waals surface area contributed by atoms with Crippen molar-refractivity contribution in [3.05, 3.63) is 52.1 Å². The summed E-state index contributed by atoms with van der Waals surface area (Å²) in [5.74, 6) is 0.954. The van der Waals surface area contributed by atoms with Crippen LogP contribution in [-0.2, 0) is 13.0 Å². The second-order valence-corrected chi connectivity index (χ2v) is 3.70. The third-order valence-electron chi connectivity index (χ3n) is 2.40. The van der Waals surface area contributed by atoms with Crippen molar-refractivity contribution in [2.75, 3.05) is 0 Å². The van der Waals surface area contributed by atoms with Gasteiger partial charge < -0.3 is 14.7 Å². The summed E-state index contributed by atoms with van der Waals surface area (Å²) in [5, 5.41) is 2.65. The molecule has 0 aromatic carbocycles. The minimum Gasteiger partial charge on any atom is -0.444 e. The fraction of sp³-hybridized carbons (Fsp3) is 0.250. The van der Waals surface area contributed by atoms with Gasteiger partial charge in [0.05, 0.1) is 18.3 Å². The van der Waals surface area contributed by atoms with Gasteiger partial charge in [0.1, 0.15) is 5.76 Å². The molecule has 6 heteroatoms. The van der Waals surface area contributed by atoms with Gasteiger partial charge in [0.15, 0.2) is 0 Å². The van der Waals surface area contributed by atoms with E-state index in [4.69, 9.17) is 4.42 Å². The van der Waals surface area contributed by atoms with E-state index in [0.717, 1.165) is 12.2 Å². The lowest BCUT2D eigenvalue weighted by molar-refractivity contribution is 0.0946. The van der Waals surface area contributed by atoms with Crippen molar-refractivity contribution in [2.24, 2.45) is 0 Å². The summed E-state index contributed by atoms with van der Waals surface area (Å²) >= 11 is 0. The van der Waals surface area contributed by atoms with Gasteiger partial charge in [-0.05, 0) is 6.07 Å². The van der Waals surface area contributed by atoms with Gasteiger partial charge in [-0.15, -0.1) is 0 Å². The lowest BCUT2D eigenvalue weighted by atomic mass is 10.3. The first-order valence-corrected chi connectivity index (χ1v) is 5.59. The summed E-state index contributed by atoms with van der Waals surface area (Å²) < 4.78 is 5.35. The molecule has 2 N–H and O–H groups in total. The van der Waals surface area contributed by atoms with Crippen LogP contribution in [0.3, 0.4) is 0 Å². The lowest BCUT2D eigenvalue weighted by Crippen LogP contribution is -2.23. The molecule has 6 nitrogen and oxygen atoms in total. The number of oxazole rings is 1. The molecule has 0 spiro atoms. The lowest BCUT2D eigenvalue weighted by Gasteiger charge is -2.01. The monoisotopic (exact) mass is 247 g/mol. The van der Waals surface area contributed by atoms with Crippen LogP contribution < -0.4 is 10.9 Å². The Kier molecular flexibility index (Phi) is 3.57. The van der Waals surface area contributed by atoms with E-state index in [9.17, 15) is 9.59 Å². The smallest absolute Gasteiger partial charge is 0.253 e. The number of pyridine rings is 1. The van der Waals surface area contributed by atoms with Gasteiger partial charge in [0, 0.05) is 18.7 Å². The summed E-state index contributed by atoms with van der Waals surface area (Å²) in [6.45, 7) is 2.18. The molecule has 18 heavy (non-hydrogen) atoms. The average Bonchev–Trinajstić information content (AvgIpc) is 2.85. The first-order chi connectivity index (χ1) is 8.69. The van der Waals surface area contributed by atoms with Crippen LogP contribution >= 0.6 is 0 Å². The molecule has 0 aliphatic heterocycles. The normalized spacial score (nSPS) is 10.3. The van der Waals surface area contributed by atoms with E-state index in [2.05, 4.69) is 15.3 Å². The molecule has 2 aromatic rings. The minimum absolute atomic E-state index is 0.220. The Morgan fingerprint density at radius 1 is 1.50 bits per heavy atom. The van der Waals surface area contributed by atoms with Crippen LogP contribution in [0, 0.1) is 0 Å². The highest BCUT2D eigenvalue weighted by atomic mass is 16.4. The summed E-state index contributed by atoms with van der Waals surface area (Å²) in [5.41, 5.74) is 0.142. The van der Waals surface area contributed by atoms with Crippen molar-refractivity contribution in [1.29, 1.82) is 0 Å². The number of aromatic nitrogens is 2. The van der Waals surface area contributed by atoms with Gasteiger partial charge in [-0.1, -0.05) is 6.92 Å². The SMILES string of the molecule is CCc1cnc(CNC(=O)c2ccc(=O)[nH]c2)o1. The maximum Gasteiger partial charge on any atom is 0.253 e. The minimum atomic E-state index is -0.289. The number of nitrogens with one attached hydrogen (secondary N) is 2. The van der Waals surface area contributed by atoms with Crippen LogP contribution in [-0.4, -0.2) is 15.9 Å². The number of hydrogen-bond acceptors (Lipinski definition) is 4. The van der Waals surface area contributed by atoms with Gasteiger partial charge in [0.25, 0.3) is 5.91 Å². The second kappa shape index (κ2) is 5.31. The number of nitrogens with zero attached hydrogens (tertiary/aromatic N) is 1. The molecule has 0 saturated heterocycles. The summed E-state index contributed by atoms with van der Waals surface area (Å²) in [7, 11) is 0. The number of aromatic amines is 1. The number of hydrogen-bond donors (Lipinski definition) is 2. The number of aryl methyl sites for hydroxylation is 1. The number of carbonyl (C=O) groups excluding carboxylic acids is 1. The van der Waals surface area contributed by atoms with Crippen molar-refractivity contribution in [2.45, 2.75) is 19.9 Å². The predicted octanol–water partition coefficient (Wildman–Crippen LogP) is 0.855. The Labute approximate surface area is 103 Å². The quantitative estimate of drug-likeness (QED) is 0.838. The number of rotatable bonds is 4. The van der Waals surface area contributed by atoms with Crippen LogP contribution in [0.4, 0.5) is 0 Å². The van der Waals surface area contributed by atoms with Crippen molar-refractivity contribution < 1.29 is 9.21 Å². The molecule has 0 atom stereocenters. The fourth-order valence-electron chi connectivity index (χ4n) is 1.40. The van der Waals surface area contributed by atoms with Gasteiger partial charge in [-0.2, -0.15) is 0 Å². The zero-order valence-electron chi connectivity index (χ0n) is 9.90. The van der Waals surface area contributed by atoms with Crippen molar-refractivity contribution >= 4 is 5.91 Å². The van der Waals surface area contributed by atoms with E-state index in [1.54, 1.807) is 6.20 Å². The van der Waals surface area contributed by atoms with Crippen molar-refractivity contribution in [3.8, 4) is 0 Å². The van der Waals surface area contributed by atoms with Crippen LogP contribution in [0.5, 0.6) is 0 Å². The van der Waals surface area contributed by atoms with Gasteiger partial charge in [-0.3, -0.25) is 9.59 Å². The molecule has 2 aromatic heterocycles. The second-order valence-electron chi connectivity index (χ2n) is 3.70. The van der Waals surface area contributed by atoms with Crippen LogP contribution in [0.25, 0.3) is 0 Å². The van der Waals surface area contributed by atoms with E-state index in [1.807, 2.05) is 6.92 Å². The van der Waals surface area contributed by atoms with Crippen LogP contribution in [0.1, 0.15) is 28.9 Å². The molecule has 0 fully saturated rings. The molecule has 0 aliphatic rings. The Balaban J connectivity index is 1.95. The number of carbonyl (C=O) groups is 1. The van der Waals surface area contributed by atoms with E-state index in [1.165, 1.54) is 18.3 Å². The highest BCUT2D eigenvalue weighted by molar-refractivity contribution is 5.93. The zero-order chi connectivity index (χ0) is 13.0. The van der Waals surface area contributed by atoms with E-state index in [0.29, 0.717) is 11.5 Å². The number of amides is 1. The molecule has 0 radical (unpaired) electrons. The van der Waals surface area contributed by atoms with E-state index >= 15 is 0 Å². The fourth-order valence-corrected chi connectivity index (χ4v) is 1.40. The van der Waals surface area contributed by atoms with Crippen molar-refractivity contribution in [3.63, 3.8) is 0 Å². The predicted molar refractivity (Wildman–Crippen MR) is 64.1 cm³/mol. The molecular weight excluding hydrogens is 234 g/mol. The first-order valence-electron chi connectivity index (χ1n) is 5.59. The standard InChI is InChI=1S/C12H13N3O3/c1-2-9-6-14-11(18-9)7-15-12(17)8-3-4-10(16)13-5-8/h3-6H,2,7H2,1H3,(H,13,16)(H,15,17). The molecule has 0 aliphatic carbocycles. The van der Waals surface area contributed by atoms with E-state index < -0.39 is 0 Å². The Morgan fingerprint density at radius 2 is 2.33 bits per heavy atom. The summed E-state index contributed by atoms with van der Waals surface area (Å²) in [6, 6.07) is 2.76. The van der Waals surface area contributed by atoms with Gasteiger partial charge in [-0.25, -0.2) is 4.98 Å². The Morgan fingerprint density at radius 3 is 2.94 bits per heavy atom. The van der Waals surface area contributed by atoms with Gasteiger partial charge >= 0.3 is 0 Å². The number of H-pyrrole nitrogens is 1. The molecule has 1 amide bonds. The summed E-state index contributed by atoms with van der Waals surface area (Å²) in [6.07, 6.45) is 3.77. The first kappa shape index (κ1) is 12.1. The van der Waals surface area contributed by atoms with Crippen LogP contribution in [0.15, 0.2) is 33.7 Å². The Hall–Kier alpha value is -2.37. The van der Waals surface area contributed by atoms with Crippen LogP contribution in [0.2, 0.25) is 0 Å². The molecule has 2 heterocycles. The molecule has 0 unspecified atom stereocenters. The average molecular weight is 247 g/mol. The van der Waals surface area contributed by atoms with Gasteiger partial charge in [0.2, 0.25) is 11.4 Å². The molecule has 0 bridgehead atoms. The highest BCUT2D eigenvalue weighted by Crippen LogP contribution is 2.04. The summed E-state index contributed by atoms with van der Waals surface area (Å²) in [4.78, 5) is 29.0. The maximum atomic E-state index is 11.7. The maximum absolute atomic E-state index is 11.7. The van der Waals surface area contributed by atoms with Crippen molar-refractivity contribution in [1.82, 2.24) is 15.3 Å². The topological polar surface area (TPSA) is 88.0 Å². The van der Waals surface area contributed by atoms with E-state index in [-0.39, 0.29) is 18.0 Å². The molecule has 0 saturated carbocycles. The molecule has 2 rings (SSSR count). The Bertz CT molecular complexity index is 580. The third-order valence-corrected chi connectivity index (χ3v) is 2.40. The largest absolute Gasteiger partial charge is 0.444 e. The molecular formula is C12H13N3O3. The zero-order valence-corrected chi connectivity index (χ0v) is 9.90. The highest BCUT2D eigenvalue weighted by Gasteiger charge is 2.07. The third kappa shape index (κ3) is 2.85. The molecule has 94 valence electrons.